The van der Waals surface area contributed by atoms with Gasteiger partial charge in [0.05, 0.1) is 6.10 Å². The minimum Gasteiger partial charge on any atom is -0.393 e. The second-order valence-electron chi connectivity index (χ2n) is 4.92. The van der Waals surface area contributed by atoms with Crippen molar-refractivity contribution in [3.8, 4) is 0 Å². The quantitative estimate of drug-likeness (QED) is 0.621. The maximum absolute atomic E-state index is 9.16. The summed E-state index contributed by atoms with van der Waals surface area (Å²) in [7, 11) is 0. The minimum atomic E-state index is -0.0377. The molecule has 2 rings (SSSR count). The van der Waals surface area contributed by atoms with Gasteiger partial charge in [-0.05, 0) is 45.6 Å². The normalized spacial score (nSPS) is 39.4. The Labute approximate surface area is 86.3 Å². The van der Waals surface area contributed by atoms with Gasteiger partial charge in [0.1, 0.15) is 0 Å². The van der Waals surface area contributed by atoms with Crippen LogP contribution in [0.5, 0.6) is 0 Å². The molecule has 0 amide bonds. The summed E-state index contributed by atoms with van der Waals surface area (Å²) in [5.74, 6) is 0. The highest BCUT2D eigenvalue weighted by Gasteiger charge is 2.28. The summed E-state index contributed by atoms with van der Waals surface area (Å²) in [6, 6.07) is 1.88. The molecule has 1 saturated carbocycles. The third-order valence-electron chi connectivity index (χ3n) is 3.43. The Bertz CT molecular complexity index is 174. The largest absolute Gasteiger partial charge is 0.393 e. The van der Waals surface area contributed by atoms with E-state index >= 15 is 0 Å². The summed E-state index contributed by atoms with van der Waals surface area (Å²) in [4.78, 5) is 0. The summed E-state index contributed by atoms with van der Waals surface area (Å²) < 4.78 is 0. The Hall–Kier alpha value is -0.120. The number of hydrogen-bond acceptors (Lipinski definition) is 3. The Morgan fingerprint density at radius 1 is 1.50 bits per heavy atom. The van der Waals surface area contributed by atoms with Crippen molar-refractivity contribution in [2.24, 2.45) is 0 Å². The molecule has 1 saturated heterocycles. The summed E-state index contributed by atoms with van der Waals surface area (Å²) in [5, 5.41) is 16.3. The summed E-state index contributed by atoms with van der Waals surface area (Å²) in [5.41, 5.74) is 0. The van der Waals surface area contributed by atoms with Crippen LogP contribution in [0.25, 0.3) is 0 Å². The third-order valence-corrected chi connectivity index (χ3v) is 3.43. The first kappa shape index (κ1) is 10.4. The Morgan fingerprint density at radius 2 is 2.29 bits per heavy atom. The van der Waals surface area contributed by atoms with E-state index in [2.05, 4.69) is 17.6 Å². The Kier molecular flexibility index (Phi) is 3.42. The fraction of sp³-hybridized carbons (Fsp3) is 1.00. The fourth-order valence-corrected chi connectivity index (χ4v) is 2.58. The van der Waals surface area contributed by atoms with Crippen molar-refractivity contribution in [1.29, 1.82) is 0 Å². The molecule has 0 spiro atoms. The van der Waals surface area contributed by atoms with Crippen molar-refractivity contribution in [1.82, 2.24) is 10.6 Å². The van der Waals surface area contributed by atoms with E-state index in [0.717, 1.165) is 18.9 Å². The van der Waals surface area contributed by atoms with Crippen molar-refractivity contribution in [3.63, 3.8) is 0 Å². The molecule has 1 aliphatic carbocycles. The van der Waals surface area contributed by atoms with Crippen molar-refractivity contribution in [3.05, 3.63) is 0 Å². The zero-order valence-corrected chi connectivity index (χ0v) is 9.00. The van der Waals surface area contributed by atoms with Gasteiger partial charge in [0.2, 0.25) is 0 Å². The zero-order valence-electron chi connectivity index (χ0n) is 9.00. The second kappa shape index (κ2) is 4.60. The van der Waals surface area contributed by atoms with E-state index in [0.29, 0.717) is 12.1 Å². The number of nitrogens with one attached hydrogen (secondary N) is 2. The first-order valence-electron chi connectivity index (χ1n) is 5.91. The van der Waals surface area contributed by atoms with Crippen molar-refractivity contribution in [2.45, 2.75) is 63.3 Å². The van der Waals surface area contributed by atoms with Gasteiger partial charge in [-0.15, -0.1) is 0 Å². The molecule has 3 nitrogen and oxygen atoms in total. The van der Waals surface area contributed by atoms with Crippen LogP contribution in [0.1, 0.15) is 39.0 Å². The standard InChI is InChI=1S/C11H22N2O/c1-8(5-9-3-2-4-12-9)13-10-6-11(14)7-10/h8-14H,2-7H2,1H3. The van der Waals surface area contributed by atoms with E-state index in [1.807, 2.05) is 0 Å². The van der Waals surface area contributed by atoms with Crippen LogP contribution in [0.3, 0.4) is 0 Å². The smallest absolute Gasteiger partial charge is 0.0570 e. The number of rotatable bonds is 4. The molecule has 1 heterocycles. The minimum absolute atomic E-state index is 0.0377. The van der Waals surface area contributed by atoms with Crippen LogP contribution >= 0.6 is 0 Å². The third kappa shape index (κ3) is 2.69. The molecule has 1 aliphatic heterocycles. The average Bonchev–Trinajstić information content (AvgIpc) is 2.54. The lowest BCUT2D eigenvalue weighted by Gasteiger charge is -2.35. The number of hydrogen-bond donors (Lipinski definition) is 3. The first-order valence-corrected chi connectivity index (χ1v) is 5.91. The number of aliphatic hydroxyl groups is 1. The topological polar surface area (TPSA) is 44.3 Å². The van der Waals surface area contributed by atoms with Crippen molar-refractivity contribution < 1.29 is 5.11 Å². The molecule has 0 aromatic heterocycles. The van der Waals surface area contributed by atoms with Crippen LogP contribution in [-0.4, -0.2) is 35.9 Å². The predicted molar refractivity (Wildman–Crippen MR) is 57.3 cm³/mol. The van der Waals surface area contributed by atoms with Crippen molar-refractivity contribution >= 4 is 0 Å². The van der Waals surface area contributed by atoms with Gasteiger partial charge >= 0.3 is 0 Å². The van der Waals surface area contributed by atoms with Gasteiger partial charge in [0.25, 0.3) is 0 Å². The highest BCUT2D eigenvalue weighted by atomic mass is 16.3. The van der Waals surface area contributed by atoms with Gasteiger partial charge in [-0.2, -0.15) is 0 Å². The highest BCUT2D eigenvalue weighted by molar-refractivity contribution is 4.88. The molecular weight excluding hydrogens is 176 g/mol. The lowest BCUT2D eigenvalue weighted by Crippen LogP contribution is -2.48. The van der Waals surface area contributed by atoms with E-state index in [9.17, 15) is 0 Å². The zero-order chi connectivity index (χ0) is 9.97. The molecule has 0 aromatic rings. The molecule has 0 aromatic carbocycles. The monoisotopic (exact) mass is 198 g/mol. The molecule has 2 atom stereocenters. The van der Waals surface area contributed by atoms with Gasteiger partial charge in [-0.1, -0.05) is 0 Å². The SMILES string of the molecule is CC(CC1CCCN1)NC1CC(O)C1. The molecule has 0 bridgehead atoms. The van der Waals surface area contributed by atoms with Crippen LogP contribution in [0, 0.1) is 0 Å². The van der Waals surface area contributed by atoms with E-state index in [4.69, 9.17) is 5.11 Å². The lowest BCUT2D eigenvalue weighted by atomic mass is 9.88. The van der Waals surface area contributed by atoms with Crippen LogP contribution in [0.2, 0.25) is 0 Å². The first-order chi connectivity index (χ1) is 6.74. The van der Waals surface area contributed by atoms with Gasteiger partial charge in [-0.25, -0.2) is 0 Å². The summed E-state index contributed by atoms with van der Waals surface area (Å²) in [6.07, 6.45) is 5.75. The number of aliphatic hydroxyl groups excluding tert-OH is 1. The molecule has 82 valence electrons. The molecular formula is C11H22N2O. The maximum atomic E-state index is 9.16. The lowest BCUT2D eigenvalue weighted by molar-refractivity contribution is 0.0577. The van der Waals surface area contributed by atoms with Crippen LogP contribution in [0.15, 0.2) is 0 Å². The molecule has 3 N–H and O–H groups in total. The molecule has 2 aliphatic rings. The summed E-state index contributed by atoms with van der Waals surface area (Å²) in [6.45, 7) is 3.45. The van der Waals surface area contributed by atoms with E-state index in [1.54, 1.807) is 0 Å². The Morgan fingerprint density at radius 3 is 2.86 bits per heavy atom. The average molecular weight is 198 g/mol. The maximum Gasteiger partial charge on any atom is 0.0570 e. The summed E-state index contributed by atoms with van der Waals surface area (Å²) >= 11 is 0. The molecule has 2 fully saturated rings. The second-order valence-corrected chi connectivity index (χ2v) is 4.92. The van der Waals surface area contributed by atoms with Crippen LogP contribution in [0.4, 0.5) is 0 Å². The van der Waals surface area contributed by atoms with E-state index < -0.39 is 0 Å². The molecule has 14 heavy (non-hydrogen) atoms. The van der Waals surface area contributed by atoms with Gasteiger partial charge in [0.15, 0.2) is 0 Å². The molecule has 3 heteroatoms. The van der Waals surface area contributed by atoms with Gasteiger partial charge < -0.3 is 15.7 Å². The van der Waals surface area contributed by atoms with Crippen LogP contribution < -0.4 is 10.6 Å². The predicted octanol–water partition coefficient (Wildman–Crippen LogP) is 0.630. The van der Waals surface area contributed by atoms with E-state index in [1.165, 1.54) is 25.8 Å². The van der Waals surface area contributed by atoms with Crippen molar-refractivity contribution in [2.75, 3.05) is 6.54 Å². The van der Waals surface area contributed by atoms with Crippen LogP contribution in [-0.2, 0) is 0 Å². The van der Waals surface area contributed by atoms with E-state index in [-0.39, 0.29) is 6.10 Å². The molecule has 2 unspecified atom stereocenters. The highest BCUT2D eigenvalue weighted by Crippen LogP contribution is 2.21. The Balaban J connectivity index is 1.60. The molecule has 0 radical (unpaired) electrons. The fourth-order valence-electron chi connectivity index (χ4n) is 2.58. The van der Waals surface area contributed by atoms with Gasteiger partial charge in [-0.3, -0.25) is 0 Å². The van der Waals surface area contributed by atoms with Gasteiger partial charge in [0, 0.05) is 18.1 Å².